The zero-order valence-electron chi connectivity index (χ0n) is 8.69. The highest BCUT2D eigenvalue weighted by Gasteiger charge is 2.02. The highest BCUT2D eigenvalue weighted by Crippen LogP contribution is 2.35. The molecule has 0 saturated heterocycles. The predicted molar refractivity (Wildman–Crippen MR) is 91.8 cm³/mol. The zero-order chi connectivity index (χ0) is 11.1. The van der Waals surface area contributed by atoms with Crippen molar-refractivity contribution in [2.24, 2.45) is 11.5 Å². The summed E-state index contributed by atoms with van der Waals surface area (Å²) in [5.74, 6) is 0. The molecule has 4 N–H and O–H groups in total. The molecule has 0 amide bonds. The maximum atomic E-state index is 10.5. The van der Waals surface area contributed by atoms with Crippen LogP contribution < -0.4 is 11.5 Å². The first kappa shape index (κ1) is 42.9. The lowest BCUT2D eigenvalue weighted by atomic mass is 11.4. The SMILES string of the molecule is C.C.C.C.C.CP(C)(=O)CN.CP(C)(=O)OCN. The molecule has 0 rings (SSSR count). The van der Waals surface area contributed by atoms with Gasteiger partial charge in [0.2, 0.25) is 0 Å². The third-order valence-electron chi connectivity index (χ3n) is 0.825. The summed E-state index contributed by atoms with van der Waals surface area (Å²) in [7, 11) is -4.16. The average Bonchev–Trinajstić information content (AvgIpc) is 1.84. The summed E-state index contributed by atoms with van der Waals surface area (Å²) in [6.07, 6.45) is 0.326. The minimum Gasteiger partial charge on any atom is -0.324 e. The van der Waals surface area contributed by atoms with E-state index in [1.807, 2.05) is 0 Å². The Kier molecular flexibility index (Phi) is 46.9. The summed E-state index contributed by atoms with van der Waals surface area (Å²) in [6.45, 7) is 6.45. The van der Waals surface area contributed by atoms with Gasteiger partial charge < -0.3 is 20.6 Å². The molecule has 0 unspecified atom stereocenters. The molecule has 18 heavy (non-hydrogen) atoms. The smallest absolute Gasteiger partial charge is 0.198 e. The lowest BCUT2D eigenvalue weighted by Crippen LogP contribution is -2.00. The van der Waals surface area contributed by atoms with E-state index >= 15 is 0 Å². The minimum atomic E-state index is -2.29. The number of rotatable bonds is 3. The fourth-order valence-electron chi connectivity index (χ4n) is 0.180. The molecule has 0 radical (unpaired) electrons. The van der Waals surface area contributed by atoms with Gasteiger partial charge in [0.1, 0.15) is 6.73 Å². The van der Waals surface area contributed by atoms with Crippen LogP contribution in [0.25, 0.3) is 0 Å². The van der Waals surface area contributed by atoms with Crippen molar-refractivity contribution in [3.63, 3.8) is 0 Å². The Bertz CT molecular complexity index is 212. The van der Waals surface area contributed by atoms with Crippen LogP contribution in [0.1, 0.15) is 37.1 Å². The van der Waals surface area contributed by atoms with Crippen molar-refractivity contribution in [3.05, 3.63) is 0 Å². The van der Waals surface area contributed by atoms with Crippen LogP contribution in [0.4, 0.5) is 0 Å². The predicted octanol–water partition coefficient (Wildman–Crippen LogP) is 4.16. The summed E-state index contributed by atoms with van der Waals surface area (Å²) < 4.78 is 25.5. The molecule has 122 valence electrons. The molecule has 0 aromatic rings. The van der Waals surface area contributed by atoms with E-state index in [4.69, 9.17) is 11.5 Å². The third-order valence-corrected chi connectivity index (χ3v) is 2.48. The van der Waals surface area contributed by atoms with Gasteiger partial charge >= 0.3 is 0 Å². The summed E-state index contributed by atoms with van der Waals surface area (Å²) in [5, 5.41) is 0. The Morgan fingerprint density at radius 1 is 0.833 bits per heavy atom. The first-order valence-corrected chi connectivity index (χ1v) is 9.06. The molecule has 0 aliphatic heterocycles. The van der Waals surface area contributed by atoms with Gasteiger partial charge in [-0.05, 0) is 13.3 Å². The van der Waals surface area contributed by atoms with Crippen molar-refractivity contribution in [2.45, 2.75) is 37.1 Å². The Morgan fingerprint density at radius 3 is 1.06 bits per heavy atom. The van der Waals surface area contributed by atoms with Crippen molar-refractivity contribution < 1.29 is 13.7 Å². The van der Waals surface area contributed by atoms with Crippen LogP contribution in [-0.2, 0) is 13.7 Å². The van der Waals surface area contributed by atoms with Crippen molar-refractivity contribution in [3.8, 4) is 0 Å². The van der Waals surface area contributed by atoms with E-state index in [1.165, 1.54) is 13.3 Å². The second-order valence-electron chi connectivity index (χ2n) is 3.30. The molecule has 0 spiro atoms. The van der Waals surface area contributed by atoms with Crippen molar-refractivity contribution in [1.82, 2.24) is 0 Å². The lowest BCUT2D eigenvalue weighted by Gasteiger charge is -2.02. The number of nitrogens with two attached hydrogens (primary N) is 2. The Morgan fingerprint density at radius 2 is 1.06 bits per heavy atom. The Hall–Kier alpha value is 0.340. The monoisotopic (exact) mass is 310 g/mol. The van der Waals surface area contributed by atoms with Crippen molar-refractivity contribution >= 4 is 14.5 Å². The molecule has 0 aromatic carbocycles. The summed E-state index contributed by atoms with van der Waals surface area (Å²) >= 11 is 0. The standard InChI is InChI=1S/C3H10NO2P.C3H10NOP.5CH4/c1-7(2,5)6-3-4;1-6(2,5)3-4;;;;;/h3-4H2,1-2H3;3-4H2,1-2H3;5*1H4. The fraction of sp³-hybridized carbons (Fsp3) is 1.00. The molecular formula is C11H40N2O3P2. The van der Waals surface area contributed by atoms with Gasteiger partial charge in [-0.1, -0.05) is 37.1 Å². The first-order chi connectivity index (χ1) is 5.62. The van der Waals surface area contributed by atoms with Gasteiger partial charge in [-0.3, -0.25) is 4.57 Å². The first-order valence-electron chi connectivity index (χ1n) is 3.76. The van der Waals surface area contributed by atoms with Crippen LogP contribution >= 0.6 is 14.5 Å². The van der Waals surface area contributed by atoms with Crippen LogP contribution in [0, 0.1) is 0 Å². The van der Waals surface area contributed by atoms with Crippen LogP contribution in [0.3, 0.4) is 0 Å². The number of hydrogen-bond donors (Lipinski definition) is 2. The summed E-state index contributed by atoms with van der Waals surface area (Å²) in [6, 6.07) is 0. The molecule has 0 saturated carbocycles. The highest BCUT2D eigenvalue weighted by molar-refractivity contribution is 7.62. The van der Waals surface area contributed by atoms with Crippen LogP contribution in [0.2, 0.25) is 0 Å². The molecule has 0 fully saturated rings. The largest absolute Gasteiger partial charge is 0.324 e. The normalized spacial score (nSPS) is 8.56. The maximum Gasteiger partial charge on any atom is 0.198 e. The van der Waals surface area contributed by atoms with Gasteiger partial charge in [0, 0.05) is 19.6 Å². The van der Waals surface area contributed by atoms with Crippen LogP contribution in [-0.4, -0.2) is 39.7 Å². The quantitative estimate of drug-likeness (QED) is 0.602. The molecule has 0 atom stereocenters. The lowest BCUT2D eigenvalue weighted by molar-refractivity contribution is 0.332. The van der Waals surface area contributed by atoms with Gasteiger partial charge in [-0.25, -0.2) is 0 Å². The molecule has 0 aliphatic carbocycles. The van der Waals surface area contributed by atoms with Gasteiger partial charge in [-0.2, -0.15) is 0 Å². The fourth-order valence-corrected chi connectivity index (χ4v) is 0.539. The number of hydrogen-bond acceptors (Lipinski definition) is 5. The minimum absolute atomic E-state index is 0. The van der Waals surface area contributed by atoms with Crippen molar-refractivity contribution in [2.75, 3.05) is 39.7 Å². The van der Waals surface area contributed by atoms with Gasteiger partial charge in [0.15, 0.2) is 7.37 Å². The summed E-state index contributed by atoms with van der Waals surface area (Å²) in [5.41, 5.74) is 9.96. The summed E-state index contributed by atoms with van der Waals surface area (Å²) in [4.78, 5) is 0. The molecule has 0 aliphatic rings. The van der Waals surface area contributed by atoms with E-state index in [1.54, 1.807) is 13.3 Å². The second-order valence-corrected chi connectivity index (χ2v) is 9.58. The van der Waals surface area contributed by atoms with E-state index < -0.39 is 14.5 Å². The molecule has 7 heteroatoms. The molecular weight excluding hydrogens is 270 g/mol. The average molecular weight is 310 g/mol. The van der Waals surface area contributed by atoms with E-state index in [0.29, 0.717) is 6.29 Å². The Labute approximate surface area is 117 Å². The molecule has 5 nitrogen and oxygen atoms in total. The van der Waals surface area contributed by atoms with Gasteiger partial charge in [0.05, 0.1) is 7.14 Å². The third kappa shape index (κ3) is 71.4. The van der Waals surface area contributed by atoms with Gasteiger partial charge in [0.25, 0.3) is 0 Å². The van der Waals surface area contributed by atoms with E-state index in [0.717, 1.165) is 0 Å². The van der Waals surface area contributed by atoms with E-state index in [9.17, 15) is 9.13 Å². The molecule has 0 heterocycles. The Balaban J connectivity index is -0.0000000212. The van der Waals surface area contributed by atoms with E-state index in [2.05, 4.69) is 4.52 Å². The van der Waals surface area contributed by atoms with Crippen LogP contribution in [0.15, 0.2) is 0 Å². The molecule has 0 aromatic heterocycles. The topological polar surface area (TPSA) is 95.4 Å². The maximum absolute atomic E-state index is 10.5. The van der Waals surface area contributed by atoms with Crippen molar-refractivity contribution in [1.29, 1.82) is 0 Å². The second kappa shape index (κ2) is 19.7. The van der Waals surface area contributed by atoms with E-state index in [-0.39, 0.29) is 43.9 Å². The molecule has 0 bridgehead atoms. The van der Waals surface area contributed by atoms with Gasteiger partial charge in [-0.15, -0.1) is 0 Å². The van der Waals surface area contributed by atoms with Crippen LogP contribution in [0.5, 0.6) is 0 Å². The highest BCUT2D eigenvalue weighted by atomic mass is 31.2. The zero-order valence-corrected chi connectivity index (χ0v) is 10.5.